The zero-order chi connectivity index (χ0) is 15.9. The second kappa shape index (κ2) is 7.90. The molecule has 5 heteroatoms. The highest BCUT2D eigenvalue weighted by molar-refractivity contribution is 5.75. The van der Waals surface area contributed by atoms with E-state index in [4.69, 9.17) is 4.52 Å². The number of amides is 1. The number of hydrogen-bond donors (Lipinski definition) is 1. The quantitative estimate of drug-likeness (QED) is 0.851. The highest BCUT2D eigenvalue weighted by atomic mass is 16.5. The van der Waals surface area contributed by atoms with Crippen LogP contribution in [0.3, 0.4) is 0 Å². The minimum absolute atomic E-state index is 0.128. The first-order chi connectivity index (χ1) is 11.3. The summed E-state index contributed by atoms with van der Waals surface area (Å²) < 4.78 is 5.25. The number of carbonyl (C=O) groups is 1. The van der Waals surface area contributed by atoms with Gasteiger partial charge in [0.25, 0.3) is 5.89 Å². The van der Waals surface area contributed by atoms with Gasteiger partial charge in [0.2, 0.25) is 5.91 Å². The van der Waals surface area contributed by atoms with E-state index in [0.29, 0.717) is 31.1 Å². The molecule has 1 saturated carbocycles. The lowest BCUT2D eigenvalue weighted by Crippen LogP contribution is -2.26. The molecule has 122 valence electrons. The van der Waals surface area contributed by atoms with Crippen LogP contribution in [-0.4, -0.2) is 22.6 Å². The van der Waals surface area contributed by atoms with Gasteiger partial charge in [-0.25, -0.2) is 0 Å². The Bertz CT molecular complexity index is 618. The van der Waals surface area contributed by atoms with Crippen LogP contribution in [0.5, 0.6) is 0 Å². The molecule has 0 saturated heterocycles. The molecule has 1 aromatic heterocycles. The summed E-state index contributed by atoms with van der Waals surface area (Å²) in [7, 11) is 0. The van der Waals surface area contributed by atoms with Crippen LogP contribution in [0, 0.1) is 5.92 Å². The number of nitrogens with one attached hydrogen (secondary N) is 1. The van der Waals surface area contributed by atoms with Gasteiger partial charge < -0.3 is 9.84 Å². The third kappa shape index (κ3) is 4.65. The van der Waals surface area contributed by atoms with E-state index in [9.17, 15) is 4.79 Å². The first-order valence-electron chi connectivity index (χ1n) is 8.46. The highest BCUT2D eigenvalue weighted by Gasteiger charge is 2.16. The maximum absolute atomic E-state index is 11.8. The number of aromatic nitrogens is 2. The van der Waals surface area contributed by atoms with Gasteiger partial charge in [-0.05, 0) is 24.5 Å². The van der Waals surface area contributed by atoms with Gasteiger partial charge in [0.15, 0.2) is 5.82 Å². The molecule has 1 heterocycles. The second-order valence-corrected chi connectivity index (χ2v) is 6.17. The Balaban J connectivity index is 1.39. The van der Waals surface area contributed by atoms with Crippen LogP contribution in [0.2, 0.25) is 0 Å². The van der Waals surface area contributed by atoms with Crippen LogP contribution in [-0.2, 0) is 11.2 Å². The third-order valence-electron chi connectivity index (χ3n) is 4.41. The third-order valence-corrected chi connectivity index (χ3v) is 4.41. The Morgan fingerprint density at radius 2 is 2.00 bits per heavy atom. The smallest absolute Gasteiger partial charge is 0.257 e. The number of hydrogen-bond acceptors (Lipinski definition) is 4. The Morgan fingerprint density at radius 1 is 1.22 bits per heavy atom. The number of nitrogens with zero attached hydrogens (tertiary/aromatic N) is 2. The maximum Gasteiger partial charge on any atom is 0.257 e. The van der Waals surface area contributed by atoms with Gasteiger partial charge in [0, 0.05) is 24.9 Å². The van der Waals surface area contributed by atoms with Gasteiger partial charge in [0.05, 0.1) is 0 Å². The summed E-state index contributed by atoms with van der Waals surface area (Å²) in [6, 6.07) is 9.68. The van der Waals surface area contributed by atoms with Crippen molar-refractivity contribution in [3.63, 3.8) is 0 Å². The van der Waals surface area contributed by atoms with E-state index in [1.165, 1.54) is 25.7 Å². The monoisotopic (exact) mass is 313 g/mol. The summed E-state index contributed by atoms with van der Waals surface area (Å²) >= 11 is 0. The van der Waals surface area contributed by atoms with E-state index < -0.39 is 0 Å². The van der Waals surface area contributed by atoms with E-state index in [2.05, 4.69) is 15.5 Å². The van der Waals surface area contributed by atoms with Crippen molar-refractivity contribution in [3.05, 3.63) is 36.2 Å². The van der Waals surface area contributed by atoms with Gasteiger partial charge in [-0.1, -0.05) is 49.0 Å². The fourth-order valence-corrected chi connectivity index (χ4v) is 3.09. The molecule has 23 heavy (non-hydrogen) atoms. The molecule has 0 unspecified atom stereocenters. The largest absolute Gasteiger partial charge is 0.356 e. The van der Waals surface area contributed by atoms with Crippen molar-refractivity contribution in [2.45, 2.75) is 44.9 Å². The molecule has 1 aliphatic carbocycles. The molecule has 3 rings (SSSR count). The number of rotatable bonds is 7. The van der Waals surface area contributed by atoms with Crippen molar-refractivity contribution in [1.82, 2.24) is 15.5 Å². The molecule has 5 nitrogen and oxygen atoms in total. The van der Waals surface area contributed by atoms with Crippen LogP contribution in [0.15, 0.2) is 34.9 Å². The predicted molar refractivity (Wildman–Crippen MR) is 87.6 cm³/mol. The molecule has 0 aliphatic heterocycles. The Hall–Kier alpha value is -2.17. The lowest BCUT2D eigenvalue weighted by molar-refractivity contribution is -0.121. The predicted octanol–water partition coefficient (Wildman–Crippen LogP) is 3.37. The molecule has 1 N–H and O–H groups in total. The first kappa shape index (κ1) is 15.7. The van der Waals surface area contributed by atoms with Crippen LogP contribution in [0.25, 0.3) is 11.5 Å². The average Bonchev–Trinajstić information content (AvgIpc) is 3.26. The van der Waals surface area contributed by atoms with Gasteiger partial charge in [-0.2, -0.15) is 4.98 Å². The minimum atomic E-state index is 0.128. The van der Waals surface area contributed by atoms with Crippen LogP contribution in [0.1, 0.15) is 44.3 Å². The SMILES string of the molecule is O=C(CCC1CCCC1)NCCc1noc(-c2ccccc2)n1. The fraction of sp³-hybridized carbons (Fsp3) is 0.500. The summed E-state index contributed by atoms with van der Waals surface area (Å²) in [6.45, 7) is 0.553. The standard InChI is InChI=1S/C18H23N3O2/c22-17(11-10-14-6-4-5-7-14)19-13-12-16-20-18(23-21-16)15-8-2-1-3-9-15/h1-3,8-9,14H,4-7,10-13H2,(H,19,22). The average molecular weight is 313 g/mol. The van der Waals surface area contributed by atoms with E-state index in [-0.39, 0.29) is 5.91 Å². The van der Waals surface area contributed by atoms with Gasteiger partial charge in [-0.3, -0.25) is 4.79 Å². The summed E-state index contributed by atoms with van der Waals surface area (Å²) in [6.07, 6.45) is 7.47. The van der Waals surface area contributed by atoms with Crippen molar-refractivity contribution in [3.8, 4) is 11.5 Å². The van der Waals surface area contributed by atoms with E-state index in [1.54, 1.807) is 0 Å². The molecule has 1 aliphatic rings. The molecule has 0 atom stereocenters. The molecular weight excluding hydrogens is 290 g/mol. The van der Waals surface area contributed by atoms with E-state index >= 15 is 0 Å². The fourth-order valence-electron chi connectivity index (χ4n) is 3.09. The van der Waals surface area contributed by atoms with Crippen molar-refractivity contribution in [2.24, 2.45) is 5.92 Å². The minimum Gasteiger partial charge on any atom is -0.356 e. The zero-order valence-corrected chi connectivity index (χ0v) is 13.3. The summed E-state index contributed by atoms with van der Waals surface area (Å²) in [5.41, 5.74) is 0.909. The molecule has 1 aromatic carbocycles. The number of carbonyl (C=O) groups excluding carboxylic acids is 1. The molecule has 1 fully saturated rings. The lowest BCUT2D eigenvalue weighted by atomic mass is 10.0. The molecule has 2 aromatic rings. The lowest BCUT2D eigenvalue weighted by Gasteiger charge is -2.08. The van der Waals surface area contributed by atoms with Crippen LogP contribution < -0.4 is 5.32 Å². The van der Waals surface area contributed by atoms with Crippen molar-refractivity contribution in [2.75, 3.05) is 6.54 Å². The van der Waals surface area contributed by atoms with E-state index in [0.717, 1.165) is 17.9 Å². The summed E-state index contributed by atoms with van der Waals surface area (Å²) in [5.74, 6) is 2.03. The van der Waals surface area contributed by atoms with Crippen LogP contribution >= 0.6 is 0 Å². The van der Waals surface area contributed by atoms with Gasteiger partial charge >= 0.3 is 0 Å². The summed E-state index contributed by atoms with van der Waals surface area (Å²) in [5, 5.41) is 6.90. The molecular formula is C18H23N3O2. The Labute approximate surface area is 136 Å². The Kier molecular flexibility index (Phi) is 5.40. The van der Waals surface area contributed by atoms with Crippen molar-refractivity contribution < 1.29 is 9.32 Å². The topological polar surface area (TPSA) is 68.0 Å². The van der Waals surface area contributed by atoms with Gasteiger partial charge in [-0.15, -0.1) is 0 Å². The molecule has 0 radical (unpaired) electrons. The van der Waals surface area contributed by atoms with Crippen molar-refractivity contribution in [1.29, 1.82) is 0 Å². The van der Waals surface area contributed by atoms with Gasteiger partial charge in [0.1, 0.15) is 0 Å². The molecule has 1 amide bonds. The normalized spacial score (nSPS) is 15.0. The highest BCUT2D eigenvalue weighted by Crippen LogP contribution is 2.28. The maximum atomic E-state index is 11.8. The zero-order valence-electron chi connectivity index (χ0n) is 13.3. The van der Waals surface area contributed by atoms with Crippen LogP contribution in [0.4, 0.5) is 0 Å². The van der Waals surface area contributed by atoms with Crippen molar-refractivity contribution >= 4 is 5.91 Å². The first-order valence-corrected chi connectivity index (χ1v) is 8.46. The molecule has 0 bridgehead atoms. The van der Waals surface area contributed by atoms with E-state index in [1.807, 2.05) is 30.3 Å². The second-order valence-electron chi connectivity index (χ2n) is 6.17. The molecule has 0 spiro atoms. The summed E-state index contributed by atoms with van der Waals surface area (Å²) in [4.78, 5) is 16.2. The number of benzene rings is 1. The Morgan fingerprint density at radius 3 is 2.78 bits per heavy atom.